The van der Waals surface area contributed by atoms with Gasteiger partial charge in [0.05, 0.1) is 18.4 Å². The summed E-state index contributed by atoms with van der Waals surface area (Å²) in [5, 5.41) is 15.1. The maximum atomic E-state index is 11.4. The quantitative estimate of drug-likeness (QED) is 0.204. The van der Waals surface area contributed by atoms with Crippen molar-refractivity contribution in [3.63, 3.8) is 0 Å². The van der Waals surface area contributed by atoms with Gasteiger partial charge in [-0.3, -0.25) is 0 Å². The summed E-state index contributed by atoms with van der Waals surface area (Å²) in [6, 6.07) is 6.72. The Morgan fingerprint density at radius 1 is 1.21 bits per heavy atom. The molecule has 3 N–H and O–H groups in total. The molecule has 6 rings (SSSR count). The Morgan fingerprint density at radius 2 is 1.95 bits per heavy atom. The second-order valence-corrected chi connectivity index (χ2v) is 12.5. The highest BCUT2D eigenvalue weighted by atomic mass is 16.5. The predicted molar refractivity (Wildman–Crippen MR) is 152 cm³/mol. The monoisotopic (exact) mass is 530 g/mol. The zero-order valence-electron chi connectivity index (χ0n) is 23.5. The summed E-state index contributed by atoms with van der Waals surface area (Å²) in [5.74, 6) is 5.36. The molecule has 4 aliphatic carbocycles. The van der Waals surface area contributed by atoms with Crippen LogP contribution in [0.15, 0.2) is 40.6 Å². The summed E-state index contributed by atoms with van der Waals surface area (Å²) in [6.45, 7) is 7.25. The number of aromatic nitrogens is 1. The third kappa shape index (κ3) is 4.69. The molecule has 3 saturated carbocycles. The SMILES string of the molecule is C#CC1(O)CCC2C3CCC4=Cc5oncc5CC4(C)C3CCC21C.CCCCOC(=O)c1ccc(N)cc1. The van der Waals surface area contributed by atoms with Crippen LogP contribution in [0.1, 0.15) is 93.8 Å². The molecule has 1 heterocycles. The number of rotatable bonds is 4. The molecule has 39 heavy (non-hydrogen) atoms. The van der Waals surface area contributed by atoms with Gasteiger partial charge in [0.15, 0.2) is 5.76 Å². The van der Waals surface area contributed by atoms with Gasteiger partial charge in [-0.25, -0.2) is 4.79 Å². The number of hydrogen-bond donors (Lipinski definition) is 2. The largest absolute Gasteiger partial charge is 0.462 e. The molecule has 6 unspecified atom stereocenters. The number of nitrogens with zero attached hydrogens (tertiary/aromatic N) is 1. The van der Waals surface area contributed by atoms with Crippen molar-refractivity contribution in [2.45, 2.75) is 84.2 Å². The van der Waals surface area contributed by atoms with Crippen molar-refractivity contribution < 1.29 is 19.2 Å². The third-order valence-corrected chi connectivity index (χ3v) is 10.5. The van der Waals surface area contributed by atoms with Gasteiger partial charge in [-0.1, -0.05) is 43.8 Å². The lowest BCUT2D eigenvalue weighted by molar-refractivity contribution is -0.0975. The van der Waals surface area contributed by atoms with E-state index in [0.29, 0.717) is 35.6 Å². The fraction of sp³-hybridized carbons (Fsp3) is 0.576. The van der Waals surface area contributed by atoms with E-state index >= 15 is 0 Å². The number of esters is 1. The molecule has 0 aliphatic heterocycles. The molecule has 6 heteroatoms. The van der Waals surface area contributed by atoms with Crippen molar-refractivity contribution in [3.8, 4) is 12.3 Å². The van der Waals surface area contributed by atoms with Gasteiger partial charge in [0.1, 0.15) is 5.60 Å². The first-order valence-electron chi connectivity index (χ1n) is 14.5. The van der Waals surface area contributed by atoms with E-state index in [9.17, 15) is 9.90 Å². The third-order valence-electron chi connectivity index (χ3n) is 10.5. The molecule has 4 aliphatic rings. The van der Waals surface area contributed by atoms with E-state index in [4.69, 9.17) is 21.4 Å². The number of benzene rings is 1. The van der Waals surface area contributed by atoms with E-state index in [-0.39, 0.29) is 16.8 Å². The fourth-order valence-corrected chi connectivity index (χ4v) is 8.15. The number of ether oxygens (including phenoxy) is 1. The van der Waals surface area contributed by atoms with Crippen molar-refractivity contribution in [1.82, 2.24) is 5.16 Å². The molecule has 0 radical (unpaired) electrons. The number of allylic oxidation sites excluding steroid dienone is 1. The molecule has 208 valence electrons. The van der Waals surface area contributed by atoms with E-state index in [2.05, 4.69) is 37.9 Å². The maximum absolute atomic E-state index is 11.4. The Bertz CT molecular complexity index is 1270. The lowest BCUT2D eigenvalue weighted by Gasteiger charge is -2.58. The highest BCUT2D eigenvalue weighted by Gasteiger charge is 2.63. The molecule has 0 saturated heterocycles. The number of aliphatic hydroxyl groups is 1. The number of nitrogens with two attached hydrogens (primary N) is 1. The van der Waals surface area contributed by atoms with Crippen LogP contribution >= 0.6 is 0 Å². The highest BCUT2D eigenvalue weighted by molar-refractivity contribution is 5.89. The molecule has 0 spiro atoms. The van der Waals surface area contributed by atoms with Crippen LogP contribution in [-0.2, 0) is 11.2 Å². The zero-order valence-corrected chi connectivity index (χ0v) is 23.5. The first-order chi connectivity index (χ1) is 18.6. The van der Waals surface area contributed by atoms with Crippen LogP contribution < -0.4 is 5.73 Å². The van der Waals surface area contributed by atoms with Crippen molar-refractivity contribution in [1.29, 1.82) is 0 Å². The van der Waals surface area contributed by atoms with Gasteiger partial charge in [0.25, 0.3) is 0 Å². The molecule has 0 bridgehead atoms. The van der Waals surface area contributed by atoms with Gasteiger partial charge in [-0.2, -0.15) is 0 Å². The van der Waals surface area contributed by atoms with Gasteiger partial charge in [-0.15, -0.1) is 6.42 Å². The maximum Gasteiger partial charge on any atom is 0.338 e. The number of unbranched alkanes of at least 4 members (excludes halogenated alkanes) is 1. The standard InChI is InChI=1S/C22H27NO2.C11H15NO2/c1-4-22(24)10-8-18-16-6-5-15-11-19-14(13-23-25-19)12-20(15,2)17(16)7-9-21(18,22)3;1-2-3-8-14-11(13)9-4-6-10(12)7-5-9/h1,11,13,16-18,24H,5-10,12H2,2-3H3;4-7H,2-3,8,12H2,1H3. The Morgan fingerprint density at radius 3 is 2.67 bits per heavy atom. The van der Waals surface area contributed by atoms with E-state index < -0.39 is 5.60 Å². The first kappa shape index (κ1) is 27.5. The van der Waals surface area contributed by atoms with E-state index in [1.165, 1.54) is 12.0 Å². The highest BCUT2D eigenvalue weighted by Crippen LogP contribution is 2.67. The Kier molecular flexibility index (Phi) is 7.41. The van der Waals surface area contributed by atoms with Crippen LogP contribution in [0.2, 0.25) is 0 Å². The Labute approximate surface area is 232 Å². The number of terminal acetylenes is 1. The number of nitrogen functional groups attached to an aromatic ring is 1. The van der Waals surface area contributed by atoms with E-state index in [1.54, 1.807) is 29.8 Å². The van der Waals surface area contributed by atoms with Crippen LogP contribution in [0.4, 0.5) is 5.69 Å². The molecule has 1 aromatic carbocycles. The smallest absolute Gasteiger partial charge is 0.338 e. The van der Waals surface area contributed by atoms with Crippen LogP contribution in [0.3, 0.4) is 0 Å². The van der Waals surface area contributed by atoms with E-state index in [0.717, 1.165) is 57.1 Å². The Balaban J connectivity index is 0.000000189. The summed E-state index contributed by atoms with van der Waals surface area (Å²) in [6.07, 6.45) is 19.3. The van der Waals surface area contributed by atoms with Crippen LogP contribution in [0, 0.1) is 40.9 Å². The number of carbonyl (C=O) groups excluding carboxylic acids is 1. The summed E-state index contributed by atoms with van der Waals surface area (Å²) < 4.78 is 10.5. The number of hydrogen-bond acceptors (Lipinski definition) is 6. The number of carbonyl (C=O) groups is 1. The Hall–Kier alpha value is -3.04. The fourth-order valence-electron chi connectivity index (χ4n) is 8.15. The second-order valence-electron chi connectivity index (χ2n) is 12.5. The van der Waals surface area contributed by atoms with Crippen molar-refractivity contribution in [3.05, 3.63) is 52.9 Å². The normalized spacial score (nSPS) is 34.1. The van der Waals surface area contributed by atoms with Crippen LogP contribution in [-0.4, -0.2) is 28.4 Å². The number of anilines is 1. The summed E-state index contributed by atoms with van der Waals surface area (Å²) in [5.41, 5.74) is 8.69. The van der Waals surface area contributed by atoms with Gasteiger partial charge in [0, 0.05) is 16.7 Å². The van der Waals surface area contributed by atoms with Gasteiger partial charge >= 0.3 is 5.97 Å². The van der Waals surface area contributed by atoms with Crippen molar-refractivity contribution in [2.24, 2.45) is 28.6 Å². The minimum atomic E-state index is -0.909. The summed E-state index contributed by atoms with van der Waals surface area (Å²) >= 11 is 0. The van der Waals surface area contributed by atoms with E-state index in [1.807, 2.05) is 6.20 Å². The average Bonchev–Trinajstić information content (AvgIpc) is 3.49. The number of fused-ring (bicyclic) bond motifs is 6. The average molecular weight is 531 g/mol. The molecule has 6 atom stereocenters. The molecule has 1 aromatic heterocycles. The summed E-state index contributed by atoms with van der Waals surface area (Å²) in [4.78, 5) is 11.4. The van der Waals surface area contributed by atoms with Gasteiger partial charge < -0.3 is 20.1 Å². The van der Waals surface area contributed by atoms with Gasteiger partial charge in [-0.05, 0) is 105 Å². The predicted octanol–water partition coefficient (Wildman–Crippen LogP) is 6.45. The minimum absolute atomic E-state index is 0.114. The molecular formula is C33H42N2O4. The first-order valence-corrected chi connectivity index (χ1v) is 14.5. The zero-order chi connectivity index (χ0) is 27.8. The topological polar surface area (TPSA) is 98.6 Å². The van der Waals surface area contributed by atoms with Crippen LogP contribution in [0.5, 0.6) is 0 Å². The molecule has 6 nitrogen and oxygen atoms in total. The molecular weight excluding hydrogens is 488 g/mol. The van der Waals surface area contributed by atoms with Gasteiger partial charge in [0.2, 0.25) is 0 Å². The molecule has 0 amide bonds. The molecule has 2 aromatic rings. The van der Waals surface area contributed by atoms with Crippen LogP contribution in [0.25, 0.3) is 6.08 Å². The summed E-state index contributed by atoms with van der Waals surface area (Å²) in [7, 11) is 0. The second kappa shape index (κ2) is 10.5. The van der Waals surface area contributed by atoms with Crippen molar-refractivity contribution >= 4 is 17.7 Å². The van der Waals surface area contributed by atoms with Crippen molar-refractivity contribution in [2.75, 3.05) is 12.3 Å². The lowest BCUT2D eigenvalue weighted by Crippen LogP contribution is -2.54. The molecule has 3 fully saturated rings. The lowest BCUT2D eigenvalue weighted by atomic mass is 9.46. The minimum Gasteiger partial charge on any atom is -0.462 e.